The molecule has 7 nitrogen and oxygen atoms in total. The van der Waals surface area contributed by atoms with Crippen molar-refractivity contribution in [1.29, 1.82) is 0 Å². The van der Waals surface area contributed by atoms with E-state index in [2.05, 4.69) is 26.3 Å². The molecule has 0 spiro atoms. The van der Waals surface area contributed by atoms with Gasteiger partial charge in [0.2, 0.25) is 0 Å². The fourth-order valence-electron chi connectivity index (χ4n) is 1.83. The lowest BCUT2D eigenvalue weighted by Crippen LogP contribution is -2.09. The number of aromatic nitrogens is 1. The van der Waals surface area contributed by atoms with Crippen LogP contribution in [0.1, 0.15) is 11.1 Å². The maximum Gasteiger partial charge on any atom is 0.312 e. The first kappa shape index (κ1) is 15.2. The molecule has 1 aromatic carbocycles. The normalized spacial score (nSPS) is 10.2. The van der Waals surface area contributed by atoms with Crippen molar-refractivity contribution in [2.75, 3.05) is 5.43 Å². The van der Waals surface area contributed by atoms with Gasteiger partial charge in [0.1, 0.15) is 12.4 Å². The summed E-state index contributed by atoms with van der Waals surface area (Å²) in [5.74, 6) is 6.03. The minimum absolute atomic E-state index is 0.0758. The SMILES string of the molecule is Cc1cc(Br)cc([N+](=O)[O-])c1OCc1ccnc(NN)c1. The standard InChI is InChI=1S/C13H13BrN4O3/c1-8-4-10(14)6-11(18(19)20)13(8)21-7-9-2-3-16-12(5-9)17-15/h2-6H,7,15H2,1H3,(H,16,17). The van der Waals surface area contributed by atoms with E-state index < -0.39 is 4.92 Å². The van der Waals surface area contributed by atoms with Crippen molar-refractivity contribution in [3.8, 4) is 5.75 Å². The van der Waals surface area contributed by atoms with E-state index in [9.17, 15) is 10.1 Å². The van der Waals surface area contributed by atoms with Crippen LogP contribution in [0.4, 0.5) is 11.5 Å². The molecule has 1 aromatic heterocycles. The molecule has 110 valence electrons. The molecule has 0 bridgehead atoms. The van der Waals surface area contributed by atoms with Crippen LogP contribution in [-0.4, -0.2) is 9.91 Å². The average Bonchev–Trinajstić information content (AvgIpc) is 2.45. The van der Waals surface area contributed by atoms with Crippen molar-refractivity contribution in [1.82, 2.24) is 4.98 Å². The highest BCUT2D eigenvalue weighted by molar-refractivity contribution is 9.10. The van der Waals surface area contributed by atoms with E-state index in [-0.39, 0.29) is 18.0 Å². The highest BCUT2D eigenvalue weighted by Crippen LogP contribution is 2.34. The lowest BCUT2D eigenvalue weighted by atomic mass is 10.2. The van der Waals surface area contributed by atoms with Crippen LogP contribution in [0.2, 0.25) is 0 Å². The molecular weight excluding hydrogens is 340 g/mol. The quantitative estimate of drug-likeness (QED) is 0.487. The fraction of sp³-hybridized carbons (Fsp3) is 0.154. The molecule has 1 heterocycles. The third-order valence-corrected chi connectivity index (χ3v) is 3.23. The third kappa shape index (κ3) is 3.67. The Kier molecular flexibility index (Phi) is 4.71. The lowest BCUT2D eigenvalue weighted by Gasteiger charge is -2.10. The maximum absolute atomic E-state index is 11.1. The lowest BCUT2D eigenvalue weighted by molar-refractivity contribution is -0.386. The van der Waals surface area contributed by atoms with Gasteiger partial charge in [0, 0.05) is 16.7 Å². The number of nitro groups is 1. The number of nitrogen functional groups attached to an aromatic ring is 1. The van der Waals surface area contributed by atoms with E-state index >= 15 is 0 Å². The molecule has 0 saturated carbocycles. The largest absolute Gasteiger partial charge is 0.482 e. The summed E-state index contributed by atoms with van der Waals surface area (Å²) in [4.78, 5) is 14.6. The van der Waals surface area contributed by atoms with Crippen molar-refractivity contribution in [2.45, 2.75) is 13.5 Å². The van der Waals surface area contributed by atoms with E-state index in [1.54, 1.807) is 31.3 Å². The monoisotopic (exact) mass is 352 g/mol. The molecule has 2 rings (SSSR count). The van der Waals surface area contributed by atoms with E-state index in [0.29, 0.717) is 15.9 Å². The zero-order valence-electron chi connectivity index (χ0n) is 11.2. The van der Waals surface area contributed by atoms with Crippen LogP contribution in [0.5, 0.6) is 5.75 Å². The van der Waals surface area contributed by atoms with E-state index in [0.717, 1.165) is 5.56 Å². The number of anilines is 1. The summed E-state index contributed by atoms with van der Waals surface area (Å²) in [6.45, 7) is 1.94. The van der Waals surface area contributed by atoms with Gasteiger partial charge in [0.15, 0.2) is 5.75 Å². The first-order chi connectivity index (χ1) is 10.0. The second-order valence-corrected chi connectivity index (χ2v) is 5.23. The van der Waals surface area contributed by atoms with E-state index in [1.807, 2.05) is 0 Å². The summed E-state index contributed by atoms with van der Waals surface area (Å²) in [6.07, 6.45) is 1.58. The molecule has 0 fully saturated rings. The van der Waals surface area contributed by atoms with Gasteiger partial charge in [-0.2, -0.15) is 0 Å². The molecule has 0 aliphatic carbocycles. The number of nitrogens with zero attached hydrogens (tertiary/aromatic N) is 2. The van der Waals surface area contributed by atoms with Gasteiger partial charge in [0.25, 0.3) is 0 Å². The second-order valence-electron chi connectivity index (χ2n) is 4.31. The molecule has 2 aromatic rings. The van der Waals surface area contributed by atoms with Gasteiger partial charge in [-0.25, -0.2) is 10.8 Å². The Morgan fingerprint density at radius 1 is 1.48 bits per heavy atom. The molecule has 0 aliphatic rings. The van der Waals surface area contributed by atoms with Crippen LogP contribution in [0, 0.1) is 17.0 Å². The summed E-state index contributed by atoms with van der Waals surface area (Å²) in [5.41, 5.74) is 3.84. The molecule has 0 radical (unpaired) electrons. The van der Waals surface area contributed by atoms with Crippen molar-refractivity contribution in [2.24, 2.45) is 5.84 Å². The van der Waals surface area contributed by atoms with Gasteiger partial charge < -0.3 is 10.2 Å². The first-order valence-electron chi connectivity index (χ1n) is 6.00. The topological polar surface area (TPSA) is 103 Å². The van der Waals surface area contributed by atoms with Gasteiger partial charge >= 0.3 is 5.69 Å². The van der Waals surface area contributed by atoms with Gasteiger partial charge in [0.05, 0.1) is 4.92 Å². The molecular formula is C13H13BrN4O3. The third-order valence-electron chi connectivity index (χ3n) is 2.77. The number of hydrogen-bond acceptors (Lipinski definition) is 6. The highest BCUT2D eigenvalue weighted by Gasteiger charge is 2.19. The number of hydrogen-bond donors (Lipinski definition) is 2. The number of pyridine rings is 1. The van der Waals surface area contributed by atoms with Crippen molar-refractivity contribution in [3.05, 3.63) is 56.2 Å². The van der Waals surface area contributed by atoms with Gasteiger partial charge in [-0.15, -0.1) is 0 Å². The van der Waals surface area contributed by atoms with Crippen molar-refractivity contribution >= 4 is 27.4 Å². The Labute approximate surface area is 129 Å². The Hall–Kier alpha value is -2.19. The highest BCUT2D eigenvalue weighted by atomic mass is 79.9. The number of nitro benzene ring substituents is 1. The van der Waals surface area contributed by atoms with Crippen molar-refractivity contribution in [3.63, 3.8) is 0 Å². The number of benzene rings is 1. The molecule has 0 aliphatic heterocycles. The van der Waals surface area contributed by atoms with Crippen LogP contribution >= 0.6 is 15.9 Å². The molecule has 8 heteroatoms. The minimum atomic E-state index is -0.466. The number of rotatable bonds is 5. The van der Waals surface area contributed by atoms with Crippen LogP contribution < -0.4 is 16.0 Å². The summed E-state index contributed by atoms with van der Waals surface area (Å²) in [6, 6.07) is 6.64. The summed E-state index contributed by atoms with van der Waals surface area (Å²) in [7, 11) is 0. The predicted molar refractivity (Wildman–Crippen MR) is 81.9 cm³/mol. The van der Waals surface area contributed by atoms with E-state index in [1.165, 1.54) is 6.07 Å². The van der Waals surface area contributed by atoms with Gasteiger partial charge in [-0.1, -0.05) is 15.9 Å². The first-order valence-corrected chi connectivity index (χ1v) is 6.79. The number of aryl methyl sites for hydroxylation is 1. The number of nitrogens with one attached hydrogen (secondary N) is 1. The zero-order chi connectivity index (χ0) is 15.4. The van der Waals surface area contributed by atoms with Crippen LogP contribution in [0.3, 0.4) is 0 Å². The Bertz CT molecular complexity index is 678. The van der Waals surface area contributed by atoms with Crippen LogP contribution in [0.15, 0.2) is 34.9 Å². The smallest absolute Gasteiger partial charge is 0.312 e. The van der Waals surface area contributed by atoms with Crippen LogP contribution in [0.25, 0.3) is 0 Å². The van der Waals surface area contributed by atoms with Gasteiger partial charge in [-0.05, 0) is 36.2 Å². The van der Waals surface area contributed by atoms with Crippen molar-refractivity contribution < 1.29 is 9.66 Å². The second kappa shape index (κ2) is 6.51. The fourth-order valence-corrected chi connectivity index (χ4v) is 2.39. The average molecular weight is 353 g/mol. The molecule has 21 heavy (non-hydrogen) atoms. The number of hydrazine groups is 1. The van der Waals surface area contributed by atoms with Crippen LogP contribution in [-0.2, 0) is 6.61 Å². The Balaban J connectivity index is 2.25. The maximum atomic E-state index is 11.1. The molecule has 0 unspecified atom stereocenters. The summed E-state index contributed by atoms with van der Waals surface area (Å²) in [5, 5.41) is 11.1. The molecule has 0 saturated heterocycles. The number of nitrogens with two attached hydrogens (primary N) is 1. The Morgan fingerprint density at radius 2 is 2.24 bits per heavy atom. The van der Waals surface area contributed by atoms with Gasteiger partial charge in [-0.3, -0.25) is 10.1 Å². The predicted octanol–water partition coefficient (Wildman–Crippen LogP) is 2.93. The Morgan fingerprint density at radius 3 is 2.90 bits per heavy atom. The minimum Gasteiger partial charge on any atom is -0.482 e. The number of ether oxygens (including phenoxy) is 1. The summed E-state index contributed by atoms with van der Waals surface area (Å²) < 4.78 is 6.25. The number of halogens is 1. The van der Waals surface area contributed by atoms with E-state index in [4.69, 9.17) is 10.6 Å². The molecule has 0 amide bonds. The zero-order valence-corrected chi connectivity index (χ0v) is 12.8. The summed E-state index contributed by atoms with van der Waals surface area (Å²) >= 11 is 3.24. The molecule has 3 N–H and O–H groups in total. The molecule has 0 atom stereocenters.